The Morgan fingerprint density at radius 1 is 1.12 bits per heavy atom. The predicted octanol–water partition coefficient (Wildman–Crippen LogP) is 3.66. The molecular weight excluding hydrogens is 206 g/mol. The van der Waals surface area contributed by atoms with Crippen molar-refractivity contribution in [2.45, 2.75) is 39.5 Å². The van der Waals surface area contributed by atoms with E-state index in [9.17, 15) is 0 Å². The molecule has 1 heteroatoms. The Balaban J connectivity index is 1.67. The molecule has 0 radical (unpaired) electrons. The summed E-state index contributed by atoms with van der Waals surface area (Å²) in [5.41, 5.74) is 2.85. The monoisotopic (exact) mass is 231 g/mol. The smallest absolute Gasteiger partial charge is 0.00156 e. The first-order valence-electron chi connectivity index (χ1n) is 7.02. The molecule has 1 nitrogen and oxygen atoms in total. The van der Waals surface area contributed by atoms with E-state index in [0.29, 0.717) is 0 Å². The van der Waals surface area contributed by atoms with Gasteiger partial charge in [-0.25, -0.2) is 0 Å². The highest BCUT2D eigenvalue weighted by atomic mass is 15.1. The quantitative estimate of drug-likeness (QED) is 0.764. The topological polar surface area (TPSA) is 3.24 Å². The van der Waals surface area contributed by atoms with E-state index in [1.165, 1.54) is 56.4 Å². The molecule has 0 spiro atoms. The van der Waals surface area contributed by atoms with Crippen LogP contribution in [0.5, 0.6) is 0 Å². The number of hydrogen-bond donors (Lipinski definition) is 0. The highest BCUT2D eigenvalue weighted by Crippen LogP contribution is 2.16. The van der Waals surface area contributed by atoms with E-state index < -0.39 is 0 Å². The number of hydrogen-bond acceptors (Lipinski definition) is 1. The van der Waals surface area contributed by atoms with Gasteiger partial charge in [-0.1, -0.05) is 36.8 Å². The minimum absolute atomic E-state index is 0.948. The molecule has 1 aliphatic heterocycles. The summed E-state index contributed by atoms with van der Waals surface area (Å²) in [6.45, 7) is 8.44. The number of nitrogens with zero attached hydrogens (tertiary/aromatic N) is 1. The van der Waals surface area contributed by atoms with Crippen LogP contribution in [0, 0.1) is 12.8 Å². The zero-order chi connectivity index (χ0) is 12.1. The lowest BCUT2D eigenvalue weighted by Crippen LogP contribution is -2.33. The number of aryl methyl sites for hydroxylation is 2. The van der Waals surface area contributed by atoms with Gasteiger partial charge in [0.2, 0.25) is 0 Å². The first kappa shape index (κ1) is 12.6. The van der Waals surface area contributed by atoms with E-state index >= 15 is 0 Å². The second-order valence-electron chi connectivity index (χ2n) is 5.61. The summed E-state index contributed by atoms with van der Waals surface area (Å²) in [7, 11) is 0. The molecule has 1 fully saturated rings. The first-order valence-corrected chi connectivity index (χ1v) is 7.02. The lowest BCUT2D eigenvalue weighted by molar-refractivity contribution is 0.191. The van der Waals surface area contributed by atoms with Gasteiger partial charge in [0.25, 0.3) is 0 Å². The van der Waals surface area contributed by atoms with Crippen molar-refractivity contribution < 1.29 is 0 Å². The molecule has 1 heterocycles. The Kier molecular flexibility index (Phi) is 4.61. The fraction of sp³-hybridized carbons (Fsp3) is 0.625. The zero-order valence-electron chi connectivity index (χ0n) is 11.3. The Hall–Kier alpha value is -0.820. The number of rotatable bonds is 4. The molecule has 0 aromatic heterocycles. The third kappa shape index (κ3) is 4.16. The Morgan fingerprint density at radius 2 is 1.76 bits per heavy atom. The molecule has 0 atom stereocenters. The number of piperidine rings is 1. The highest BCUT2D eigenvalue weighted by Gasteiger charge is 2.14. The van der Waals surface area contributed by atoms with Crippen LogP contribution in [0.2, 0.25) is 0 Å². The Morgan fingerprint density at radius 3 is 2.41 bits per heavy atom. The molecule has 0 bridgehead atoms. The van der Waals surface area contributed by atoms with Crippen LogP contribution in [-0.4, -0.2) is 24.5 Å². The fourth-order valence-electron chi connectivity index (χ4n) is 2.55. The normalized spacial score (nSPS) is 18.5. The van der Waals surface area contributed by atoms with Gasteiger partial charge in [-0.2, -0.15) is 0 Å². The maximum absolute atomic E-state index is 2.63. The van der Waals surface area contributed by atoms with E-state index in [-0.39, 0.29) is 0 Å². The molecule has 0 aliphatic carbocycles. The second-order valence-corrected chi connectivity index (χ2v) is 5.61. The van der Waals surface area contributed by atoms with Crippen molar-refractivity contribution in [3.63, 3.8) is 0 Å². The Labute approximate surface area is 106 Å². The van der Waals surface area contributed by atoms with Crippen molar-refractivity contribution in [2.75, 3.05) is 19.6 Å². The standard InChI is InChI=1S/C16H25N/c1-14-5-7-16(8-6-14)4-3-11-17-12-9-15(2)10-13-17/h5-8,15H,3-4,9-13H2,1-2H3. The molecular formula is C16H25N. The lowest BCUT2D eigenvalue weighted by atomic mass is 9.99. The molecule has 17 heavy (non-hydrogen) atoms. The van der Waals surface area contributed by atoms with Gasteiger partial charge in [0, 0.05) is 0 Å². The van der Waals surface area contributed by atoms with Gasteiger partial charge < -0.3 is 4.90 Å². The van der Waals surface area contributed by atoms with E-state index in [1.807, 2.05) is 0 Å². The molecule has 1 saturated heterocycles. The van der Waals surface area contributed by atoms with Crippen molar-refractivity contribution in [3.05, 3.63) is 35.4 Å². The van der Waals surface area contributed by atoms with Crippen molar-refractivity contribution in [3.8, 4) is 0 Å². The molecule has 0 N–H and O–H groups in total. The number of benzene rings is 1. The largest absolute Gasteiger partial charge is 0.303 e. The molecule has 1 aromatic rings. The predicted molar refractivity (Wildman–Crippen MR) is 74.3 cm³/mol. The van der Waals surface area contributed by atoms with Gasteiger partial charge in [-0.05, 0) is 63.7 Å². The fourth-order valence-corrected chi connectivity index (χ4v) is 2.55. The first-order chi connectivity index (χ1) is 8.24. The van der Waals surface area contributed by atoms with Gasteiger partial charge >= 0.3 is 0 Å². The minimum Gasteiger partial charge on any atom is -0.303 e. The van der Waals surface area contributed by atoms with Crippen molar-refractivity contribution in [2.24, 2.45) is 5.92 Å². The minimum atomic E-state index is 0.948. The van der Waals surface area contributed by atoms with E-state index in [4.69, 9.17) is 0 Å². The molecule has 2 rings (SSSR count). The average Bonchev–Trinajstić information content (AvgIpc) is 2.34. The maximum Gasteiger partial charge on any atom is -0.00156 e. The van der Waals surface area contributed by atoms with Gasteiger partial charge in [0.1, 0.15) is 0 Å². The summed E-state index contributed by atoms with van der Waals surface area (Å²) in [4.78, 5) is 2.63. The summed E-state index contributed by atoms with van der Waals surface area (Å²) < 4.78 is 0. The summed E-state index contributed by atoms with van der Waals surface area (Å²) in [5, 5.41) is 0. The SMILES string of the molecule is Cc1ccc(CCCN2CCC(C)CC2)cc1. The molecule has 94 valence electrons. The van der Waals surface area contributed by atoms with Crippen LogP contribution in [0.25, 0.3) is 0 Å². The van der Waals surface area contributed by atoms with Gasteiger partial charge in [-0.15, -0.1) is 0 Å². The third-order valence-corrected chi connectivity index (χ3v) is 3.94. The highest BCUT2D eigenvalue weighted by molar-refractivity contribution is 5.21. The van der Waals surface area contributed by atoms with Crippen LogP contribution < -0.4 is 0 Å². The second kappa shape index (κ2) is 6.20. The van der Waals surface area contributed by atoms with Crippen LogP contribution in [-0.2, 0) is 6.42 Å². The van der Waals surface area contributed by atoms with E-state index in [1.54, 1.807) is 0 Å². The van der Waals surface area contributed by atoms with Crippen LogP contribution >= 0.6 is 0 Å². The third-order valence-electron chi connectivity index (χ3n) is 3.94. The molecule has 1 aliphatic rings. The Bertz CT molecular complexity index is 320. The molecule has 0 saturated carbocycles. The van der Waals surface area contributed by atoms with Crippen LogP contribution in [0.3, 0.4) is 0 Å². The van der Waals surface area contributed by atoms with E-state index in [2.05, 4.69) is 43.0 Å². The molecule has 1 aromatic carbocycles. The summed E-state index contributed by atoms with van der Waals surface area (Å²) in [6.07, 6.45) is 5.32. The summed E-state index contributed by atoms with van der Waals surface area (Å²) in [5.74, 6) is 0.948. The van der Waals surface area contributed by atoms with Crippen LogP contribution in [0.15, 0.2) is 24.3 Å². The van der Waals surface area contributed by atoms with Crippen LogP contribution in [0.4, 0.5) is 0 Å². The van der Waals surface area contributed by atoms with Crippen molar-refractivity contribution in [1.82, 2.24) is 4.90 Å². The molecule has 0 amide bonds. The van der Waals surface area contributed by atoms with E-state index in [0.717, 1.165) is 5.92 Å². The lowest BCUT2D eigenvalue weighted by Gasteiger charge is -2.30. The summed E-state index contributed by atoms with van der Waals surface area (Å²) in [6, 6.07) is 8.98. The summed E-state index contributed by atoms with van der Waals surface area (Å²) >= 11 is 0. The van der Waals surface area contributed by atoms with Gasteiger partial charge in [-0.3, -0.25) is 0 Å². The maximum atomic E-state index is 2.63. The van der Waals surface area contributed by atoms with Gasteiger partial charge in [0.15, 0.2) is 0 Å². The number of likely N-dealkylation sites (tertiary alicyclic amines) is 1. The zero-order valence-corrected chi connectivity index (χ0v) is 11.3. The van der Waals surface area contributed by atoms with Crippen molar-refractivity contribution >= 4 is 0 Å². The van der Waals surface area contributed by atoms with Gasteiger partial charge in [0.05, 0.1) is 0 Å². The van der Waals surface area contributed by atoms with Crippen LogP contribution in [0.1, 0.15) is 37.3 Å². The van der Waals surface area contributed by atoms with Crippen molar-refractivity contribution in [1.29, 1.82) is 0 Å². The molecule has 0 unspecified atom stereocenters. The average molecular weight is 231 g/mol.